The molecule has 3 atom stereocenters. The number of benzene rings is 1. The van der Waals surface area contributed by atoms with Crippen LogP contribution in [0.2, 0.25) is 0 Å². The van der Waals surface area contributed by atoms with E-state index in [1.54, 1.807) is 23.5 Å². The van der Waals surface area contributed by atoms with Gasteiger partial charge in [0, 0.05) is 49.9 Å². The number of esters is 2. The van der Waals surface area contributed by atoms with Crippen molar-refractivity contribution in [2.75, 3.05) is 37.7 Å². The third kappa shape index (κ3) is 13.3. The number of halogens is 1. The van der Waals surface area contributed by atoms with Crippen molar-refractivity contribution in [1.82, 2.24) is 20.9 Å². The van der Waals surface area contributed by atoms with Crippen molar-refractivity contribution in [2.45, 2.75) is 82.1 Å². The highest BCUT2D eigenvalue weighted by atomic mass is 31.2. The molecule has 2 unspecified atom stereocenters. The highest BCUT2D eigenvalue weighted by Crippen LogP contribution is 2.58. The van der Waals surface area contributed by atoms with Crippen LogP contribution in [0.15, 0.2) is 41.7 Å². The van der Waals surface area contributed by atoms with Gasteiger partial charge in [-0.3, -0.25) is 38.2 Å². The number of anilines is 1. The van der Waals surface area contributed by atoms with Crippen LogP contribution < -0.4 is 20.9 Å². The number of hydrogen-bond acceptors (Lipinski definition) is 14. The van der Waals surface area contributed by atoms with Crippen LogP contribution in [0, 0.1) is 11.7 Å². The highest BCUT2D eigenvalue weighted by molar-refractivity contribution is 7.70. The Kier molecular flexibility index (Phi) is 15.9. The molecule has 1 aromatic carbocycles. The second-order valence-electron chi connectivity index (χ2n) is 14.4. The molecule has 4 heterocycles. The molecule has 0 saturated carbocycles. The number of ether oxygens (including phenoxy) is 3. The number of hydrogen-bond donors (Lipinski definition) is 7. The molecule has 60 heavy (non-hydrogen) atoms. The highest BCUT2D eigenvalue weighted by Gasteiger charge is 2.44. The zero-order chi connectivity index (χ0) is 43.6. The van der Waals surface area contributed by atoms with Gasteiger partial charge in [-0.2, -0.15) is 0 Å². The number of oxime groups is 1. The number of carbonyl (C=O) groups is 5. The Bertz CT molecular complexity index is 2000. The lowest BCUT2D eigenvalue weighted by Gasteiger charge is -2.31. The molecule has 328 valence electrons. The fraction of sp³-hybridized carbons (Fsp3) is 0.528. The maximum Gasteiger partial charge on any atom is 0.414 e. The van der Waals surface area contributed by atoms with Gasteiger partial charge in [0.2, 0.25) is 17.3 Å². The summed E-state index contributed by atoms with van der Waals surface area (Å²) >= 11 is 0. The predicted molar refractivity (Wildman–Crippen MR) is 207 cm³/mol. The second kappa shape index (κ2) is 20.6. The molecule has 24 heteroatoms. The number of rotatable bonds is 19. The van der Waals surface area contributed by atoms with E-state index in [1.807, 2.05) is 0 Å². The van der Waals surface area contributed by atoms with E-state index >= 15 is 4.39 Å². The van der Waals surface area contributed by atoms with E-state index in [0.717, 1.165) is 25.9 Å². The molecule has 0 aliphatic carbocycles. The Labute approximate surface area is 343 Å². The third-order valence-electron chi connectivity index (χ3n) is 9.78. The molecule has 2 saturated heterocycles. The first-order valence-electron chi connectivity index (χ1n) is 19.0. The average molecular weight is 885 g/mol. The second-order valence-corrected chi connectivity index (χ2v) is 18.2. The van der Waals surface area contributed by atoms with Gasteiger partial charge in [0.05, 0.1) is 37.5 Å². The SMILES string of the molecule is CC(=O)NC[C@H]1CN(c2ccc(-c3ccc(C4=NOC(CC(OC(=O)CCCOC(=O)CCC(=O)NC(P(=O)(O)O)P(=O)(O)O)C5CCNCC5)C4)nc3)c(F)c2)C(=O)O1. The number of nitrogens with zero attached hydrogens (tertiary/aromatic N) is 3. The molecule has 3 amide bonds. The number of nitrogens with one attached hydrogen (secondary N) is 3. The van der Waals surface area contributed by atoms with E-state index in [2.05, 4.69) is 20.8 Å². The molecule has 21 nitrogen and oxygen atoms in total. The number of piperidine rings is 1. The van der Waals surface area contributed by atoms with E-state index in [0.29, 0.717) is 35.5 Å². The first-order valence-corrected chi connectivity index (χ1v) is 22.4. The van der Waals surface area contributed by atoms with Crippen LogP contribution in [0.5, 0.6) is 0 Å². The van der Waals surface area contributed by atoms with Gasteiger partial charge in [-0.05, 0) is 62.5 Å². The molecule has 0 radical (unpaired) electrons. The molecule has 2 fully saturated rings. The maximum atomic E-state index is 15.3. The maximum absolute atomic E-state index is 15.3. The number of cyclic esters (lactones) is 1. The monoisotopic (exact) mass is 884 g/mol. The van der Waals surface area contributed by atoms with Crippen LogP contribution in [-0.4, -0.2) is 117 Å². The zero-order valence-corrected chi connectivity index (χ0v) is 34.2. The van der Waals surface area contributed by atoms with Crippen molar-refractivity contribution in [3.63, 3.8) is 0 Å². The Morgan fingerprint density at radius 1 is 1.02 bits per heavy atom. The zero-order valence-electron chi connectivity index (χ0n) is 32.4. The Balaban J connectivity index is 1.07. The summed E-state index contributed by atoms with van der Waals surface area (Å²) in [6.07, 6.45) is 0.383. The van der Waals surface area contributed by atoms with Gasteiger partial charge < -0.3 is 54.6 Å². The topological polar surface area (TPSA) is 302 Å². The molecule has 0 bridgehead atoms. The summed E-state index contributed by atoms with van der Waals surface area (Å²) < 4.78 is 54.2. The van der Waals surface area contributed by atoms with Crippen molar-refractivity contribution < 1.29 is 76.1 Å². The van der Waals surface area contributed by atoms with Crippen molar-refractivity contribution in [1.29, 1.82) is 0 Å². The summed E-state index contributed by atoms with van der Waals surface area (Å²) in [6, 6.07) is 7.75. The lowest BCUT2D eigenvalue weighted by atomic mass is 9.88. The first kappa shape index (κ1) is 46.2. The lowest BCUT2D eigenvalue weighted by molar-refractivity contribution is -0.156. The molecule has 2 aromatic rings. The summed E-state index contributed by atoms with van der Waals surface area (Å²) in [7, 11) is -10.8. The van der Waals surface area contributed by atoms with Gasteiger partial charge in [0.25, 0.3) is 0 Å². The molecular weight excluding hydrogens is 837 g/mol. The van der Waals surface area contributed by atoms with Gasteiger partial charge in [0.1, 0.15) is 29.8 Å². The fourth-order valence-electron chi connectivity index (χ4n) is 6.74. The van der Waals surface area contributed by atoms with E-state index < -0.39 is 81.6 Å². The quantitative estimate of drug-likeness (QED) is 0.0459. The Morgan fingerprint density at radius 3 is 2.40 bits per heavy atom. The van der Waals surface area contributed by atoms with Gasteiger partial charge in [-0.15, -0.1) is 0 Å². The molecule has 3 aliphatic rings. The van der Waals surface area contributed by atoms with E-state index in [9.17, 15) is 33.1 Å². The van der Waals surface area contributed by atoms with Crippen molar-refractivity contribution >= 4 is 56.4 Å². The normalized spacial score (nSPS) is 18.9. The number of amides is 3. The van der Waals surface area contributed by atoms with E-state index in [1.165, 1.54) is 30.2 Å². The summed E-state index contributed by atoms with van der Waals surface area (Å²) in [4.78, 5) is 108. The van der Waals surface area contributed by atoms with Crippen LogP contribution in [0.25, 0.3) is 11.1 Å². The molecule has 1 aromatic heterocycles. The number of pyridine rings is 1. The largest absolute Gasteiger partial charge is 0.466 e. The number of carbonyl (C=O) groups excluding carboxylic acids is 5. The van der Waals surface area contributed by atoms with Crippen LogP contribution in [0.3, 0.4) is 0 Å². The number of aromatic nitrogens is 1. The Morgan fingerprint density at radius 2 is 1.75 bits per heavy atom. The first-order chi connectivity index (χ1) is 28.4. The van der Waals surface area contributed by atoms with Gasteiger partial charge in [-0.1, -0.05) is 11.2 Å². The molecule has 3 aliphatic heterocycles. The molecule has 0 spiro atoms. The minimum Gasteiger partial charge on any atom is -0.466 e. The molecule has 5 rings (SSSR count). The van der Waals surface area contributed by atoms with Gasteiger partial charge in [0.15, 0.2) is 0 Å². The average Bonchev–Trinajstić information content (AvgIpc) is 3.82. The van der Waals surface area contributed by atoms with Crippen LogP contribution in [0.4, 0.5) is 14.9 Å². The van der Waals surface area contributed by atoms with Crippen LogP contribution in [-0.2, 0) is 47.4 Å². The Hall–Kier alpha value is -4.82. The third-order valence-corrected chi connectivity index (χ3v) is 13.1. The molecular formula is C36H47FN6O15P2. The lowest BCUT2D eigenvalue weighted by Crippen LogP contribution is -2.38. The fourth-order valence-corrected chi connectivity index (χ4v) is 8.93. The minimum atomic E-state index is -5.39. The summed E-state index contributed by atoms with van der Waals surface area (Å²) in [5.74, 6) is -3.38. The van der Waals surface area contributed by atoms with Crippen molar-refractivity contribution in [3.8, 4) is 11.1 Å². The van der Waals surface area contributed by atoms with E-state index in [-0.39, 0.29) is 49.9 Å². The molecule has 7 N–H and O–H groups in total. The van der Waals surface area contributed by atoms with Crippen LogP contribution >= 0.6 is 15.2 Å². The smallest absolute Gasteiger partial charge is 0.414 e. The van der Waals surface area contributed by atoms with Crippen molar-refractivity contribution in [3.05, 3.63) is 48.0 Å². The summed E-state index contributed by atoms with van der Waals surface area (Å²) in [6.45, 7) is 2.93. The summed E-state index contributed by atoms with van der Waals surface area (Å²) in [5.41, 5.74) is -0.614. The van der Waals surface area contributed by atoms with Gasteiger partial charge in [-0.25, -0.2) is 9.18 Å². The van der Waals surface area contributed by atoms with Crippen molar-refractivity contribution in [2.24, 2.45) is 11.1 Å². The van der Waals surface area contributed by atoms with Crippen LogP contribution in [0.1, 0.15) is 64.0 Å². The minimum absolute atomic E-state index is 0.0440. The predicted octanol–water partition coefficient (Wildman–Crippen LogP) is 2.00. The standard InChI is InChI=1S/C36H47FN6O15P2/c1-21(44)39-19-26-20-43(36(48)56-26)24-5-6-27(28(37)15-24)23-4-7-29(40-18-23)30-16-25(58-42-30)17-31(22-10-12-38-13-11-22)57-34(47)3-2-14-55-33(46)9-8-32(45)41-35(59(49,50)51)60(52,53)54/h4-7,15,18,22,25-26,31,35,38H,2-3,8-14,16-17,19-20H2,1H3,(H,39,44)(H,41,45)(H2,49,50,51)(H2,52,53,54)/t25?,26-,31?/m0/s1. The van der Waals surface area contributed by atoms with Gasteiger partial charge >= 0.3 is 33.2 Å². The van der Waals surface area contributed by atoms with E-state index in [4.69, 9.17) is 38.6 Å². The summed E-state index contributed by atoms with van der Waals surface area (Å²) in [5, 5.41) is 11.7.